The standard InChI is InChI=1S/C16H18N2O2S/c19-21(20,18-12-15-7-3-4-10-17-15)16-9-8-13-5-1-2-6-14(13)11-16/h3-4,7-11,18H,1-2,5-6,12H2. The molecule has 2 aromatic rings. The summed E-state index contributed by atoms with van der Waals surface area (Å²) in [6.07, 6.45) is 6.01. The first-order chi connectivity index (χ1) is 10.1. The van der Waals surface area contributed by atoms with E-state index in [0.29, 0.717) is 10.6 Å². The number of hydrogen-bond acceptors (Lipinski definition) is 3. The normalized spacial score (nSPS) is 14.7. The minimum atomic E-state index is -3.48. The number of pyridine rings is 1. The van der Waals surface area contributed by atoms with E-state index in [0.717, 1.165) is 19.3 Å². The molecular weight excluding hydrogens is 284 g/mol. The number of nitrogens with one attached hydrogen (secondary N) is 1. The molecule has 1 aromatic heterocycles. The van der Waals surface area contributed by atoms with Crippen molar-refractivity contribution in [1.82, 2.24) is 9.71 Å². The maximum Gasteiger partial charge on any atom is 0.240 e. The lowest BCUT2D eigenvalue weighted by atomic mass is 9.92. The van der Waals surface area contributed by atoms with E-state index in [4.69, 9.17) is 0 Å². The molecule has 4 nitrogen and oxygen atoms in total. The van der Waals surface area contributed by atoms with Gasteiger partial charge in [0.05, 0.1) is 17.1 Å². The second kappa shape index (κ2) is 5.95. The summed E-state index contributed by atoms with van der Waals surface area (Å²) >= 11 is 0. The zero-order valence-corrected chi connectivity index (χ0v) is 12.6. The second-order valence-electron chi connectivity index (χ2n) is 5.28. The van der Waals surface area contributed by atoms with Crippen LogP contribution in [0.25, 0.3) is 0 Å². The summed E-state index contributed by atoms with van der Waals surface area (Å²) in [5.41, 5.74) is 3.16. The first kappa shape index (κ1) is 14.2. The number of hydrogen-bond donors (Lipinski definition) is 1. The van der Waals surface area contributed by atoms with Gasteiger partial charge >= 0.3 is 0 Å². The minimum Gasteiger partial charge on any atom is -0.260 e. The van der Waals surface area contributed by atoms with Crippen molar-refractivity contribution in [1.29, 1.82) is 0 Å². The molecule has 0 spiro atoms. The molecule has 1 aromatic carbocycles. The van der Waals surface area contributed by atoms with Crippen LogP contribution in [0.4, 0.5) is 0 Å². The van der Waals surface area contributed by atoms with Crippen molar-refractivity contribution < 1.29 is 8.42 Å². The predicted molar refractivity (Wildman–Crippen MR) is 81.3 cm³/mol. The van der Waals surface area contributed by atoms with Gasteiger partial charge in [-0.3, -0.25) is 4.98 Å². The molecule has 0 fully saturated rings. The first-order valence-electron chi connectivity index (χ1n) is 7.16. The van der Waals surface area contributed by atoms with Crippen LogP contribution in [-0.2, 0) is 29.4 Å². The summed E-state index contributed by atoms with van der Waals surface area (Å²) in [5, 5.41) is 0. The lowest BCUT2D eigenvalue weighted by Gasteiger charge is -2.16. The summed E-state index contributed by atoms with van der Waals surface area (Å²) in [7, 11) is -3.48. The van der Waals surface area contributed by atoms with Gasteiger partial charge in [0.25, 0.3) is 0 Å². The fourth-order valence-corrected chi connectivity index (χ4v) is 3.68. The molecule has 3 rings (SSSR count). The molecule has 0 bridgehead atoms. The second-order valence-corrected chi connectivity index (χ2v) is 7.05. The van der Waals surface area contributed by atoms with Gasteiger partial charge in [-0.1, -0.05) is 12.1 Å². The average molecular weight is 302 g/mol. The molecule has 0 saturated heterocycles. The Balaban J connectivity index is 1.78. The number of nitrogens with zero attached hydrogens (tertiary/aromatic N) is 1. The van der Waals surface area contributed by atoms with Crippen LogP contribution in [0.1, 0.15) is 29.7 Å². The van der Waals surface area contributed by atoms with Crippen LogP contribution in [0.2, 0.25) is 0 Å². The highest BCUT2D eigenvalue weighted by Gasteiger charge is 2.17. The Morgan fingerprint density at radius 1 is 1.05 bits per heavy atom. The molecule has 1 aliphatic carbocycles. The maximum absolute atomic E-state index is 12.4. The SMILES string of the molecule is O=S(=O)(NCc1ccccn1)c1ccc2c(c1)CCCC2. The van der Waals surface area contributed by atoms with Crippen LogP contribution in [0.3, 0.4) is 0 Å². The minimum absolute atomic E-state index is 0.209. The number of sulfonamides is 1. The van der Waals surface area contributed by atoms with E-state index < -0.39 is 10.0 Å². The summed E-state index contributed by atoms with van der Waals surface area (Å²) in [4.78, 5) is 4.47. The van der Waals surface area contributed by atoms with Gasteiger partial charge in [-0.15, -0.1) is 0 Å². The van der Waals surface area contributed by atoms with Crippen molar-refractivity contribution in [3.05, 3.63) is 59.4 Å². The van der Waals surface area contributed by atoms with Crippen molar-refractivity contribution in [2.24, 2.45) is 0 Å². The molecule has 0 unspecified atom stereocenters. The molecule has 0 atom stereocenters. The summed E-state index contributed by atoms with van der Waals surface area (Å²) in [6, 6.07) is 10.9. The molecule has 1 heterocycles. The average Bonchev–Trinajstić information content (AvgIpc) is 2.53. The maximum atomic E-state index is 12.4. The van der Waals surface area contributed by atoms with Gasteiger partial charge in [0.1, 0.15) is 0 Å². The number of rotatable bonds is 4. The van der Waals surface area contributed by atoms with E-state index in [9.17, 15) is 8.42 Å². The van der Waals surface area contributed by atoms with Gasteiger partial charge in [-0.25, -0.2) is 13.1 Å². The molecule has 1 aliphatic rings. The number of fused-ring (bicyclic) bond motifs is 1. The molecule has 5 heteroatoms. The summed E-state index contributed by atoms with van der Waals surface area (Å²) in [6.45, 7) is 0.209. The van der Waals surface area contributed by atoms with Gasteiger partial charge in [-0.2, -0.15) is 0 Å². The fraction of sp³-hybridized carbons (Fsp3) is 0.312. The van der Waals surface area contributed by atoms with Crippen molar-refractivity contribution in [2.75, 3.05) is 0 Å². The Labute approximate surface area is 125 Å². The highest BCUT2D eigenvalue weighted by molar-refractivity contribution is 7.89. The molecular formula is C16H18N2O2S. The third kappa shape index (κ3) is 3.31. The molecule has 0 amide bonds. The van der Waals surface area contributed by atoms with Crippen LogP contribution in [0.15, 0.2) is 47.5 Å². The molecule has 21 heavy (non-hydrogen) atoms. The highest BCUT2D eigenvalue weighted by atomic mass is 32.2. The van der Waals surface area contributed by atoms with E-state index in [1.54, 1.807) is 18.3 Å². The Kier molecular flexibility index (Phi) is 4.03. The lowest BCUT2D eigenvalue weighted by molar-refractivity contribution is 0.579. The smallest absolute Gasteiger partial charge is 0.240 e. The van der Waals surface area contributed by atoms with Crippen LogP contribution in [0.5, 0.6) is 0 Å². The van der Waals surface area contributed by atoms with Crippen LogP contribution >= 0.6 is 0 Å². The van der Waals surface area contributed by atoms with Gasteiger partial charge in [0, 0.05) is 6.20 Å². The van der Waals surface area contributed by atoms with Crippen LogP contribution in [-0.4, -0.2) is 13.4 Å². The molecule has 0 saturated carbocycles. The third-order valence-electron chi connectivity index (χ3n) is 3.80. The van der Waals surface area contributed by atoms with Crippen LogP contribution < -0.4 is 4.72 Å². The van der Waals surface area contributed by atoms with Crippen LogP contribution in [0, 0.1) is 0 Å². The Hall–Kier alpha value is -1.72. The predicted octanol–water partition coefficient (Wildman–Crippen LogP) is 2.44. The van der Waals surface area contributed by atoms with Gasteiger partial charge < -0.3 is 0 Å². The summed E-state index contributed by atoms with van der Waals surface area (Å²) < 4.78 is 27.3. The quantitative estimate of drug-likeness (QED) is 0.943. The van der Waals surface area contributed by atoms with Gasteiger partial charge in [0.2, 0.25) is 10.0 Å². The largest absolute Gasteiger partial charge is 0.260 e. The monoisotopic (exact) mass is 302 g/mol. The number of aromatic nitrogens is 1. The highest BCUT2D eigenvalue weighted by Crippen LogP contribution is 2.24. The topological polar surface area (TPSA) is 59.1 Å². The molecule has 0 aliphatic heterocycles. The first-order valence-corrected chi connectivity index (χ1v) is 8.65. The van der Waals surface area contributed by atoms with Gasteiger partial charge in [-0.05, 0) is 61.1 Å². The number of aryl methyl sites for hydroxylation is 2. The van der Waals surface area contributed by atoms with Gasteiger partial charge in [0.15, 0.2) is 0 Å². The number of benzene rings is 1. The zero-order chi connectivity index (χ0) is 14.7. The van der Waals surface area contributed by atoms with E-state index in [-0.39, 0.29) is 6.54 Å². The van der Waals surface area contributed by atoms with E-state index in [1.807, 2.05) is 24.3 Å². The van der Waals surface area contributed by atoms with Crippen molar-refractivity contribution in [3.63, 3.8) is 0 Å². The molecule has 1 N–H and O–H groups in total. The Morgan fingerprint density at radius 3 is 2.62 bits per heavy atom. The Bertz CT molecular complexity index is 727. The molecule has 110 valence electrons. The summed E-state index contributed by atoms with van der Waals surface area (Å²) in [5.74, 6) is 0. The lowest BCUT2D eigenvalue weighted by Crippen LogP contribution is -2.24. The van der Waals surface area contributed by atoms with Crippen molar-refractivity contribution >= 4 is 10.0 Å². The fourth-order valence-electron chi connectivity index (χ4n) is 2.63. The van der Waals surface area contributed by atoms with E-state index in [1.165, 1.54) is 17.5 Å². The Morgan fingerprint density at radius 2 is 1.86 bits per heavy atom. The van der Waals surface area contributed by atoms with E-state index in [2.05, 4.69) is 9.71 Å². The van der Waals surface area contributed by atoms with E-state index >= 15 is 0 Å². The third-order valence-corrected chi connectivity index (χ3v) is 5.20. The zero-order valence-electron chi connectivity index (χ0n) is 11.7. The van der Waals surface area contributed by atoms with Crippen molar-refractivity contribution in [3.8, 4) is 0 Å². The molecule has 0 radical (unpaired) electrons. The van der Waals surface area contributed by atoms with Crippen molar-refractivity contribution in [2.45, 2.75) is 37.1 Å².